The highest BCUT2D eigenvalue weighted by molar-refractivity contribution is 5.94. The molecule has 0 aliphatic carbocycles. The Balaban J connectivity index is 0.000000406. The number of nitrogens with zero attached hydrogens (tertiary/aromatic N) is 3. The summed E-state index contributed by atoms with van der Waals surface area (Å²) in [5.41, 5.74) is 3.12. The van der Waals surface area contributed by atoms with Gasteiger partial charge in [0, 0.05) is 18.2 Å². The molecule has 3 N–H and O–H groups in total. The summed E-state index contributed by atoms with van der Waals surface area (Å²) < 4.78 is 31.7. The number of aliphatic carboxylic acids is 1. The Bertz CT molecular complexity index is 1170. The van der Waals surface area contributed by atoms with Gasteiger partial charge in [0.1, 0.15) is 5.82 Å². The Hall–Kier alpha value is -3.91. The summed E-state index contributed by atoms with van der Waals surface area (Å²) >= 11 is 0. The first kappa shape index (κ1) is 24.7. The second-order valence-corrected chi connectivity index (χ2v) is 7.82. The number of carboxylic acids is 1. The summed E-state index contributed by atoms with van der Waals surface area (Å²) in [5.74, 6) is -1.92. The van der Waals surface area contributed by atoms with Crippen LogP contribution >= 0.6 is 0 Å². The van der Waals surface area contributed by atoms with E-state index in [0.29, 0.717) is 11.1 Å². The van der Waals surface area contributed by atoms with Crippen LogP contribution < -0.4 is 5.32 Å². The first-order valence-corrected chi connectivity index (χ1v) is 10.3. The highest BCUT2D eigenvalue weighted by Crippen LogP contribution is 2.29. The van der Waals surface area contributed by atoms with Crippen LogP contribution in [0, 0.1) is 11.3 Å². The normalized spacial score (nSPS) is 18.4. The molecule has 1 aliphatic heterocycles. The predicted octanol–water partition coefficient (Wildman–Crippen LogP) is 3.63. The lowest BCUT2D eigenvalue weighted by atomic mass is 9.96. The third-order valence-corrected chi connectivity index (χ3v) is 5.45. The Morgan fingerprint density at radius 1 is 1.21 bits per heavy atom. The van der Waals surface area contributed by atoms with E-state index in [-0.39, 0.29) is 18.0 Å². The molecule has 1 saturated heterocycles. The van der Waals surface area contributed by atoms with Gasteiger partial charge >= 0.3 is 12.1 Å². The van der Waals surface area contributed by atoms with Crippen LogP contribution in [0.3, 0.4) is 0 Å². The molecule has 178 valence electrons. The minimum Gasteiger partial charge on any atom is -0.475 e. The maximum Gasteiger partial charge on any atom is 0.490 e. The van der Waals surface area contributed by atoms with Crippen LogP contribution in [0.4, 0.5) is 13.2 Å². The molecule has 2 heterocycles. The van der Waals surface area contributed by atoms with Gasteiger partial charge in [-0.15, -0.1) is 0 Å². The van der Waals surface area contributed by atoms with Crippen LogP contribution in [0.5, 0.6) is 0 Å². The molecule has 2 aromatic carbocycles. The number of nitrogens with one attached hydrogen (secondary N) is 2. The monoisotopic (exact) mass is 473 g/mol. The van der Waals surface area contributed by atoms with Crippen LogP contribution in [0.1, 0.15) is 40.6 Å². The third kappa shape index (κ3) is 6.11. The molecule has 4 rings (SSSR count). The fourth-order valence-electron chi connectivity index (χ4n) is 3.63. The zero-order valence-electron chi connectivity index (χ0n) is 18.1. The minimum absolute atomic E-state index is 0.0857. The molecule has 0 saturated carbocycles. The molecule has 11 heteroatoms. The van der Waals surface area contributed by atoms with Crippen LogP contribution in [0.2, 0.25) is 0 Å². The number of fused-ring (bicyclic) bond motifs is 1. The van der Waals surface area contributed by atoms with Crippen LogP contribution in [-0.4, -0.2) is 57.7 Å². The predicted molar refractivity (Wildman–Crippen MR) is 117 cm³/mol. The number of carboxylic acid groups (broad SMARTS) is 1. The molecule has 1 aliphatic rings. The van der Waals surface area contributed by atoms with Crippen LogP contribution in [-0.2, 0) is 4.79 Å². The highest BCUT2D eigenvalue weighted by Gasteiger charge is 2.38. The van der Waals surface area contributed by atoms with E-state index in [4.69, 9.17) is 20.1 Å². The second-order valence-electron chi connectivity index (χ2n) is 7.82. The van der Waals surface area contributed by atoms with Crippen molar-refractivity contribution in [1.82, 2.24) is 20.2 Å². The molecule has 0 spiro atoms. The number of H-pyrrole nitrogens is 1. The zero-order chi connectivity index (χ0) is 24.9. The minimum atomic E-state index is -5.08. The van der Waals surface area contributed by atoms with E-state index in [1.165, 1.54) is 0 Å². The fourth-order valence-corrected chi connectivity index (χ4v) is 3.63. The Morgan fingerprint density at radius 3 is 2.44 bits per heavy atom. The second kappa shape index (κ2) is 10.4. The summed E-state index contributed by atoms with van der Waals surface area (Å²) in [6.45, 7) is 0.889. The fraction of sp³-hybridized carbons (Fsp3) is 0.304. The largest absolute Gasteiger partial charge is 0.490 e. The molecule has 0 radical (unpaired) electrons. The summed E-state index contributed by atoms with van der Waals surface area (Å²) in [4.78, 5) is 31.9. The maximum absolute atomic E-state index is 12.5. The van der Waals surface area contributed by atoms with Crippen LogP contribution in [0.25, 0.3) is 11.0 Å². The molecule has 34 heavy (non-hydrogen) atoms. The van der Waals surface area contributed by atoms with Gasteiger partial charge in [-0.3, -0.25) is 9.69 Å². The van der Waals surface area contributed by atoms with E-state index < -0.39 is 12.1 Å². The number of piperidine rings is 1. The van der Waals surface area contributed by atoms with Gasteiger partial charge in [-0.05, 0) is 56.3 Å². The topological polar surface area (TPSA) is 122 Å². The summed E-state index contributed by atoms with van der Waals surface area (Å²) in [6, 6.07) is 17.0. The standard InChI is InChI=1S/C21H21N5O.C2HF3O2/c1-26-11-10-16(23-21(27)15-8-6-14(13-22)7-9-15)12-19(26)20-24-17-4-2-3-5-18(17)25-20;3-2(4,5)1(6)7/h2-9,16,19H,10-12H2,1H3,(H,23,27)(H,24,25);(H,6,7)/t16-,19-;/m1./s1. The SMILES string of the molecule is CN1CC[C@@H](NC(=O)c2ccc(C#N)cc2)C[C@@H]1c1nc2ccccc2[nH]1.O=C(O)C(F)(F)F. The molecule has 8 nitrogen and oxygen atoms in total. The number of carbonyl (C=O) groups excluding carboxylic acids is 1. The summed E-state index contributed by atoms with van der Waals surface area (Å²) in [5, 5.41) is 19.1. The van der Waals surface area contributed by atoms with Crippen molar-refractivity contribution in [2.45, 2.75) is 31.1 Å². The van der Waals surface area contributed by atoms with Crippen molar-refractivity contribution in [3.8, 4) is 6.07 Å². The number of carbonyl (C=O) groups is 2. The Kier molecular flexibility index (Phi) is 7.53. The van der Waals surface area contributed by atoms with Crippen molar-refractivity contribution in [3.05, 3.63) is 65.5 Å². The number of nitriles is 1. The number of aromatic nitrogens is 2. The number of rotatable bonds is 3. The van der Waals surface area contributed by atoms with E-state index >= 15 is 0 Å². The van der Waals surface area contributed by atoms with E-state index in [2.05, 4.69) is 28.3 Å². The molecule has 3 aromatic rings. The van der Waals surface area contributed by atoms with Gasteiger partial charge in [0.15, 0.2) is 0 Å². The van der Waals surface area contributed by atoms with Gasteiger partial charge in [0.05, 0.1) is 28.7 Å². The van der Waals surface area contributed by atoms with Crippen molar-refractivity contribution in [2.24, 2.45) is 0 Å². The van der Waals surface area contributed by atoms with E-state index in [0.717, 1.165) is 36.2 Å². The van der Waals surface area contributed by atoms with Crippen molar-refractivity contribution < 1.29 is 27.9 Å². The average Bonchev–Trinajstić information content (AvgIpc) is 3.24. The number of imidazole rings is 1. The number of para-hydroxylation sites is 2. The first-order valence-electron chi connectivity index (χ1n) is 10.3. The first-order chi connectivity index (χ1) is 16.1. The number of benzene rings is 2. The smallest absolute Gasteiger partial charge is 0.475 e. The molecule has 0 unspecified atom stereocenters. The van der Waals surface area contributed by atoms with Crippen molar-refractivity contribution in [1.29, 1.82) is 5.26 Å². The molecular formula is C23H22F3N5O3. The Labute approximate surface area is 193 Å². The lowest BCUT2D eigenvalue weighted by Crippen LogP contribution is -2.45. The molecule has 1 fully saturated rings. The zero-order valence-corrected chi connectivity index (χ0v) is 18.1. The molecule has 2 atom stereocenters. The van der Waals surface area contributed by atoms with E-state index in [1.54, 1.807) is 24.3 Å². The number of halogens is 3. The number of likely N-dealkylation sites (tertiary alicyclic amines) is 1. The Morgan fingerprint density at radius 2 is 1.85 bits per heavy atom. The molecule has 1 aromatic heterocycles. The quantitative estimate of drug-likeness (QED) is 0.534. The molecule has 1 amide bonds. The lowest BCUT2D eigenvalue weighted by Gasteiger charge is -2.36. The number of alkyl halides is 3. The summed E-state index contributed by atoms with van der Waals surface area (Å²) in [7, 11) is 2.09. The molecule has 0 bridgehead atoms. The van der Waals surface area contributed by atoms with Crippen LogP contribution in [0.15, 0.2) is 48.5 Å². The molecular weight excluding hydrogens is 451 g/mol. The number of hydrogen-bond donors (Lipinski definition) is 3. The third-order valence-electron chi connectivity index (χ3n) is 5.45. The number of amides is 1. The van der Waals surface area contributed by atoms with Gasteiger partial charge < -0.3 is 15.4 Å². The van der Waals surface area contributed by atoms with Crippen molar-refractivity contribution in [2.75, 3.05) is 13.6 Å². The average molecular weight is 473 g/mol. The maximum atomic E-state index is 12.5. The highest BCUT2D eigenvalue weighted by atomic mass is 19.4. The number of hydrogen-bond acceptors (Lipinski definition) is 5. The van der Waals surface area contributed by atoms with Gasteiger partial charge in [0.25, 0.3) is 5.91 Å². The van der Waals surface area contributed by atoms with Gasteiger partial charge in [-0.25, -0.2) is 9.78 Å². The van der Waals surface area contributed by atoms with Crippen molar-refractivity contribution in [3.63, 3.8) is 0 Å². The van der Waals surface area contributed by atoms with Gasteiger partial charge in [-0.1, -0.05) is 12.1 Å². The van der Waals surface area contributed by atoms with E-state index in [1.807, 2.05) is 24.3 Å². The summed E-state index contributed by atoms with van der Waals surface area (Å²) in [6.07, 6.45) is -3.38. The van der Waals surface area contributed by atoms with Crippen molar-refractivity contribution >= 4 is 22.9 Å². The number of aromatic amines is 1. The lowest BCUT2D eigenvalue weighted by molar-refractivity contribution is -0.192. The van der Waals surface area contributed by atoms with Gasteiger partial charge in [-0.2, -0.15) is 18.4 Å². The van der Waals surface area contributed by atoms with E-state index in [9.17, 15) is 18.0 Å². The van der Waals surface area contributed by atoms with Gasteiger partial charge in [0.2, 0.25) is 0 Å².